The van der Waals surface area contributed by atoms with E-state index < -0.39 is 0 Å². The SMILES string of the molecule is COc1ccc(O)c(CN(CC2CCCCN2)C(C)C)c1. The second kappa shape index (κ2) is 7.66. The molecule has 1 aromatic carbocycles. The highest BCUT2D eigenvalue weighted by Crippen LogP contribution is 2.25. The fourth-order valence-corrected chi connectivity index (χ4v) is 2.86. The van der Waals surface area contributed by atoms with Crippen molar-refractivity contribution in [2.45, 2.75) is 51.7 Å². The molecule has 0 aliphatic carbocycles. The highest BCUT2D eigenvalue weighted by Gasteiger charge is 2.19. The van der Waals surface area contributed by atoms with Gasteiger partial charge < -0.3 is 15.2 Å². The topological polar surface area (TPSA) is 44.7 Å². The van der Waals surface area contributed by atoms with Crippen molar-refractivity contribution in [2.75, 3.05) is 20.2 Å². The van der Waals surface area contributed by atoms with Crippen LogP contribution in [0.4, 0.5) is 0 Å². The number of nitrogens with zero attached hydrogens (tertiary/aromatic N) is 1. The van der Waals surface area contributed by atoms with Crippen molar-refractivity contribution in [1.82, 2.24) is 10.2 Å². The Bertz CT molecular complexity index is 442. The smallest absolute Gasteiger partial charge is 0.120 e. The number of methoxy groups -OCH3 is 1. The maximum atomic E-state index is 10.1. The van der Waals surface area contributed by atoms with Crippen LogP contribution in [0.1, 0.15) is 38.7 Å². The van der Waals surface area contributed by atoms with Crippen LogP contribution in [-0.2, 0) is 6.54 Å². The molecule has 1 fully saturated rings. The Morgan fingerprint density at radius 2 is 2.19 bits per heavy atom. The number of aromatic hydroxyl groups is 1. The molecule has 0 bridgehead atoms. The second-order valence-corrected chi connectivity index (χ2v) is 6.16. The average molecular weight is 292 g/mol. The number of phenols is 1. The highest BCUT2D eigenvalue weighted by atomic mass is 16.5. The fourth-order valence-electron chi connectivity index (χ4n) is 2.86. The van der Waals surface area contributed by atoms with E-state index in [0.29, 0.717) is 17.8 Å². The predicted octanol–water partition coefficient (Wildman–Crippen LogP) is 2.75. The Balaban J connectivity index is 2.04. The van der Waals surface area contributed by atoms with Gasteiger partial charge in [-0.05, 0) is 51.4 Å². The summed E-state index contributed by atoms with van der Waals surface area (Å²) in [4.78, 5) is 2.41. The van der Waals surface area contributed by atoms with E-state index in [2.05, 4.69) is 24.1 Å². The van der Waals surface area contributed by atoms with E-state index in [1.165, 1.54) is 19.3 Å². The molecule has 1 aliphatic rings. The van der Waals surface area contributed by atoms with Crippen molar-refractivity contribution in [3.63, 3.8) is 0 Å². The van der Waals surface area contributed by atoms with E-state index in [9.17, 15) is 5.11 Å². The first-order valence-electron chi connectivity index (χ1n) is 7.93. The average Bonchev–Trinajstić information content (AvgIpc) is 2.49. The summed E-state index contributed by atoms with van der Waals surface area (Å²) in [6.07, 6.45) is 3.84. The third-order valence-electron chi connectivity index (χ3n) is 4.26. The van der Waals surface area contributed by atoms with Crippen LogP contribution >= 0.6 is 0 Å². The molecule has 1 atom stereocenters. The summed E-state index contributed by atoms with van der Waals surface area (Å²) >= 11 is 0. The minimum Gasteiger partial charge on any atom is -0.508 e. The predicted molar refractivity (Wildman–Crippen MR) is 85.8 cm³/mol. The van der Waals surface area contributed by atoms with Crippen LogP contribution in [0.5, 0.6) is 11.5 Å². The number of hydrogen-bond donors (Lipinski definition) is 2. The highest BCUT2D eigenvalue weighted by molar-refractivity contribution is 5.39. The molecule has 0 radical (unpaired) electrons. The number of hydrogen-bond acceptors (Lipinski definition) is 4. The monoisotopic (exact) mass is 292 g/mol. The van der Waals surface area contributed by atoms with Crippen LogP contribution in [0, 0.1) is 0 Å². The number of rotatable bonds is 6. The summed E-state index contributed by atoms with van der Waals surface area (Å²) in [5.74, 6) is 1.14. The number of piperidine rings is 1. The van der Waals surface area contributed by atoms with Crippen molar-refractivity contribution < 1.29 is 9.84 Å². The quantitative estimate of drug-likeness (QED) is 0.846. The molecule has 1 heterocycles. The van der Waals surface area contributed by atoms with Crippen LogP contribution in [0.2, 0.25) is 0 Å². The molecule has 0 amide bonds. The van der Waals surface area contributed by atoms with E-state index in [1.807, 2.05) is 6.07 Å². The third kappa shape index (κ3) is 4.61. The first-order chi connectivity index (χ1) is 10.1. The number of nitrogens with one attached hydrogen (secondary N) is 1. The molecular weight excluding hydrogens is 264 g/mol. The summed E-state index contributed by atoms with van der Waals surface area (Å²) in [6.45, 7) is 7.31. The summed E-state index contributed by atoms with van der Waals surface area (Å²) in [5, 5.41) is 13.7. The van der Waals surface area contributed by atoms with Gasteiger partial charge in [0, 0.05) is 30.7 Å². The van der Waals surface area contributed by atoms with Crippen molar-refractivity contribution in [3.05, 3.63) is 23.8 Å². The van der Waals surface area contributed by atoms with E-state index in [0.717, 1.165) is 30.9 Å². The third-order valence-corrected chi connectivity index (χ3v) is 4.26. The Morgan fingerprint density at radius 3 is 2.81 bits per heavy atom. The minimum absolute atomic E-state index is 0.345. The van der Waals surface area contributed by atoms with Gasteiger partial charge in [0.2, 0.25) is 0 Å². The van der Waals surface area contributed by atoms with Gasteiger partial charge in [0.05, 0.1) is 7.11 Å². The molecule has 4 heteroatoms. The largest absolute Gasteiger partial charge is 0.508 e. The van der Waals surface area contributed by atoms with Crippen LogP contribution < -0.4 is 10.1 Å². The van der Waals surface area contributed by atoms with Gasteiger partial charge in [-0.2, -0.15) is 0 Å². The Morgan fingerprint density at radius 1 is 1.38 bits per heavy atom. The standard InChI is InChI=1S/C17H28N2O2/c1-13(2)19(12-15-6-4-5-9-18-15)11-14-10-16(21-3)7-8-17(14)20/h7-8,10,13,15,18,20H,4-6,9,11-12H2,1-3H3. The van der Waals surface area contributed by atoms with Crippen LogP contribution in [-0.4, -0.2) is 42.3 Å². The zero-order valence-electron chi connectivity index (χ0n) is 13.4. The molecular formula is C17H28N2O2. The number of ether oxygens (including phenoxy) is 1. The van der Waals surface area contributed by atoms with E-state index in [1.54, 1.807) is 19.2 Å². The van der Waals surface area contributed by atoms with Gasteiger partial charge in [-0.25, -0.2) is 0 Å². The lowest BCUT2D eigenvalue weighted by Gasteiger charge is -2.33. The first kappa shape index (κ1) is 16.1. The lowest BCUT2D eigenvalue weighted by Crippen LogP contribution is -2.45. The molecule has 1 saturated heterocycles. The molecule has 0 spiro atoms. The lowest BCUT2D eigenvalue weighted by molar-refractivity contribution is 0.175. The summed E-state index contributed by atoms with van der Waals surface area (Å²) in [6, 6.07) is 6.44. The lowest BCUT2D eigenvalue weighted by atomic mass is 10.0. The van der Waals surface area contributed by atoms with Gasteiger partial charge in [-0.1, -0.05) is 6.42 Å². The van der Waals surface area contributed by atoms with Crippen molar-refractivity contribution in [2.24, 2.45) is 0 Å². The Hall–Kier alpha value is -1.26. The molecule has 0 saturated carbocycles. The van der Waals surface area contributed by atoms with Crippen LogP contribution in [0.15, 0.2) is 18.2 Å². The van der Waals surface area contributed by atoms with Crippen LogP contribution in [0.3, 0.4) is 0 Å². The summed E-state index contributed by atoms with van der Waals surface area (Å²) in [5.41, 5.74) is 0.929. The van der Waals surface area contributed by atoms with E-state index >= 15 is 0 Å². The Kier molecular flexibility index (Phi) is 5.88. The Labute approximate surface area is 128 Å². The van der Waals surface area contributed by atoms with Gasteiger partial charge >= 0.3 is 0 Å². The van der Waals surface area contributed by atoms with Gasteiger partial charge in [0.15, 0.2) is 0 Å². The molecule has 118 valence electrons. The van der Waals surface area contributed by atoms with Crippen LogP contribution in [0.25, 0.3) is 0 Å². The molecule has 0 aromatic heterocycles. The summed E-state index contributed by atoms with van der Waals surface area (Å²) < 4.78 is 5.26. The first-order valence-corrected chi connectivity index (χ1v) is 7.93. The van der Waals surface area contributed by atoms with E-state index in [4.69, 9.17) is 4.74 Å². The molecule has 1 unspecified atom stereocenters. The molecule has 2 rings (SSSR count). The van der Waals surface area contributed by atoms with E-state index in [-0.39, 0.29) is 0 Å². The van der Waals surface area contributed by atoms with Gasteiger partial charge in [-0.15, -0.1) is 0 Å². The molecule has 2 N–H and O–H groups in total. The van der Waals surface area contributed by atoms with Crippen molar-refractivity contribution in [1.29, 1.82) is 0 Å². The van der Waals surface area contributed by atoms with Crippen molar-refractivity contribution in [3.8, 4) is 11.5 Å². The molecule has 1 aliphatic heterocycles. The molecule has 1 aromatic rings. The van der Waals surface area contributed by atoms with Crippen molar-refractivity contribution >= 4 is 0 Å². The zero-order chi connectivity index (χ0) is 15.2. The maximum Gasteiger partial charge on any atom is 0.120 e. The maximum absolute atomic E-state index is 10.1. The van der Waals surface area contributed by atoms with Gasteiger partial charge in [0.1, 0.15) is 11.5 Å². The molecule has 21 heavy (non-hydrogen) atoms. The number of phenolic OH excluding ortho intramolecular Hbond substituents is 1. The second-order valence-electron chi connectivity index (χ2n) is 6.16. The normalized spacial score (nSPS) is 19.2. The summed E-state index contributed by atoms with van der Waals surface area (Å²) in [7, 11) is 1.66. The van der Waals surface area contributed by atoms with Gasteiger partial charge in [-0.3, -0.25) is 4.90 Å². The fraction of sp³-hybridized carbons (Fsp3) is 0.647. The number of benzene rings is 1. The van der Waals surface area contributed by atoms with Gasteiger partial charge in [0.25, 0.3) is 0 Å². The zero-order valence-corrected chi connectivity index (χ0v) is 13.4. The molecule has 4 nitrogen and oxygen atoms in total. The minimum atomic E-state index is 0.345.